The number of ether oxygens (including phenoxy) is 2. The molecule has 0 bridgehead atoms. The topological polar surface area (TPSA) is 85.1 Å². The van der Waals surface area contributed by atoms with E-state index in [4.69, 9.17) is 9.47 Å². The highest BCUT2D eigenvalue weighted by atomic mass is 19.3. The quantitative estimate of drug-likeness (QED) is 0.492. The zero-order valence-electron chi connectivity index (χ0n) is 18.8. The van der Waals surface area contributed by atoms with Gasteiger partial charge in [-0.05, 0) is 55.5 Å². The number of pyridine rings is 1. The molecule has 2 N–H and O–H groups in total. The number of carbonyl (C=O) groups excluding carboxylic acids is 1. The van der Waals surface area contributed by atoms with Crippen LogP contribution in [0.4, 0.5) is 8.78 Å². The molecule has 4 rings (SSSR count). The third-order valence-corrected chi connectivity index (χ3v) is 6.16. The number of hydrogen-bond donors (Lipinski definition) is 2. The molecule has 33 heavy (non-hydrogen) atoms. The van der Waals surface area contributed by atoms with Gasteiger partial charge in [-0.25, -0.2) is 4.98 Å². The Morgan fingerprint density at radius 3 is 2.58 bits per heavy atom. The van der Waals surface area contributed by atoms with Crippen molar-refractivity contribution in [2.45, 2.75) is 57.8 Å². The highest BCUT2D eigenvalue weighted by molar-refractivity contribution is 6.01. The number of nitrogens with one attached hydrogen (secondary N) is 1. The average Bonchev–Trinajstić information content (AvgIpc) is 3.51. The van der Waals surface area contributed by atoms with E-state index in [1.807, 2.05) is 26.0 Å². The molecule has 1 fully saturated rings. The second kappa shape index (κ2) is 8.97. The summed E-state index contributed by atoms with van der Waals surface area (Å²) in [5.41, 5.74) is 1.41. The normalized spacial score (nSPS) is 14.0. The number of nitrogens with zero attached hydrogens (tertiary/aromatic N) is 2. The van der Waals surface area contributed by atoms with Gasteiger partial charge in [-0.3, -0.25) is 9.20 Å². The fourth-order valence-electron chi connectivity index (χ4n) is 3.94. The number of benzene rings is 1. The summed E-state index contributed by atoms with van der Waals surface area (Å²) in [5.74, 6) is -0.660. The summed E-state index contributed by atoms with van der Waals surface area (Å²) in [5, 5.41) is 13.6. The van der Waals surface area contributed by atoms with Gasteiger partial charge in [-0.2, -0.15) is 8.78 Å². The van der Waals surface area contributed by atoms with E-state index in [1.54, 1.807) is 22.9 Å². The number of halogens is 2. The number of hydrogen-bond acceptors (Lipinski definition) is 5. The Hall–Kier alpha value is -3.20. The van der Waals surface area contributed by atoms with Gasteiger partial charge in [-0.1, -0.05) is 13.8 Å². The molecule has 0 unspecified atom stereocenters. The first-order valence-corrected chi connectivity index (χ1v) is 11.0. The van der Waals surface area contributed by atoms with E-state index in [-0.39, 0.29) is 23.1 Å². The zero-order chi connectivity index (χ0) is 23.8. The van der Waals surface area contributed by atoms with Crippen molar-refractivity contribution in [2.75, 3.05) is 7.11 Å². The summed E-state index contributed by atoms with van der Waals surface area (Å²) in [6, 6.07) is 6.66. The Morgan fingerprint density at radius 2 is 1.97 bits per heavy atom. The van der Waals surface area contributed by atoms with Gasteiger partial charge in [0.2, 0.25) is 0 Å². The summed E-state index contributed by atoms with van der Waals surface area (Å²) in [6.45, 7) is 0.730. The van der Waals surface area contributed by atoms with Crippen LogP contribution in [-0.4, -0.2) is 40.2 Å². The molecule has 7 nitrogen and oxygen atoms in total. The van der Waals surface area contributed by atoms with Gasteiger partial charge in [-0.15, -0.1) is 0 Å². The van der Waals surface area contributed by atoms with E-state index >= 15 is 0 Å². The molecule has 0 radical (unpaired) electrons. The Bertz CT molecular complexity index is 1170. The summed E-state index contributed by atoms with van der Waals surface area (Å²) in [7, 11) is 1.37. The van der Waals surface area contributed by atoms with Crippen LogP contribution in [0.3, 0.4) is 0 Å². The van der Waals surface area contributed by atoms with Crippen molar-refractivity contribution in [1.29, 1.82) is 0 Å². The van der Waals surface area contributed by atoms with Crippen LogP contribution in [0.15, 0.2) is 36.7 Å². The maximum absolute atomic E-state index is 13.2. The van der Waals surface area contributed by atoms with E-state index in [2.05, 4.69) is 10.3 Å². The lowest BCUT2D eigenvalue weighted by molar-refractivity contribution is -0.0502. The highest BCUT2D eigenvalue weighted by Crippen LogP contribution is 2.37. The van der Waals surface area contributed by atoms with Gasteiger partial charge in [0, 0.05) is 17.8 Å². The second-order valence-corrected chi connectivity index (χ2v) is 8.20. The van der Waals surface area contributed by atoms with E-state index in [0.717, 1.165) is 18.4 Å². The molecule has 1 saturated carbocycles. The maximum Gasteiger partial charge on any atom is 0.387 e. The Morgan fingerprint density at radius 1 is 1.27 bits per heavy atom. The Kier molecular flexibility index (Phi) is 6.25. The summed E-state index contributed by atoms with van der Waals surface area (Å²) in [4.78, 5) is 17.2. The monoisotopic (exact) mass is 459 g/mol. The van der Waals surface area contributed by atoms with Crippen LogP contribution < -0.4 is 14.8 Å². The van der Waals surface area contributed by atoms with Gasteiger partial charge in [0.1, 0.15) is 22.7 Å². The molecule has 176 valence electrons. The number of amides is 1. The minimum absolute atomic E-state index is 0.0409. The number of rotatable bonds is 9. The predicted octanol–water partition coefficient (Wildman–Crippen LogP) is 4.51. The number of aromatic nitrogens is 2. The van der Waals surface area contributed by atoms with Crippen molar-refractivity contribution in [3.63, 3.8) is 0 Å². The molecule has 2 heterocycles. The van der Waals surface area contributed by atoms with Gasteiger partial charge in [0.15, 0.2) is 0 Å². The van der Waals surface area contributed by atoms with Crippen LogP contribution in [0.2, 0.25) is 0 Å². The molecular formula is C24H27F2N3O4. The molecule has 3 aromatic rings. The van der Waals surface area contributed by atoms with Crippen molar-refractivity contribution >= 4 is 11.6 Å². The first kappa shape index (κ1) is 23.0. The van der Waals surface area contributed by atoms with Crippen LogP contribution in [0.5, 0.6) is 11.5 Å². The van der Waals surface area contributed by atoms with E-state index < -0.39 is 18.1 Å². The molecule has 0 spiro atoms. The number of methoxy groups -OCH3 is 1. The van der Waals surface area contributed by atoms with Crippen LogP contribution in [0.1, 0.15) is 55.5 Å². The number of aliphatic hydroxyl groups is 1. The molecule has 0 saturated heterocycles. The molecule has 1 aromatic carbocycles. The molecule has 9 heteroatoms. The Labute approximate surface area is 190 Å². The van der Waals surface area contributed by atoms with Gasteiger partial charge < -0.3 is 19.9 Å². The van der Waals surface area contributed by atoms with Crippen LogP contribution in [-0.2, 0) is 5.60 Å². The number of imidazole rings is 1. The second-order valence-electron chi connectivity index (χ2n) is 8.20. The van der Waals surface area contributed by atoms with Crippen molar-refractivity contribution in [3.8, 4) is 22.8 Å². The molecule has 0 aliphatic heterocycles. The van der Waals surface area contributed by atoms with Crippen molar-refractivity contribution in [1.82, 2.24) is 14.7 Å². The first-order chi connectivity index (χ1) is 15.8. The zero-order valence-corrected chi connectivity index (χ0v) is 18.8. The number of alkyl halides is 2. The molecule has 1 amide bonds. The third-order valence-electron chi connectivity index (χ3n) is 6.16. The molecule has 1 aliphatic carbocycles. The number of carbonyl (C=O) groups is 1. The first-order valence-electron chi connectivity index (χ1n) is 11.0. The largest absolute Gasteiger partial charge is 0.496 e. The Balaban J connectivity index is 1.80. The molecule has 1 aliphatic rings. The average molecular weight is 459 g/mol. The fourth-order valence-corrected chi connectivity index (χ4v) is 3.94. The summed E-state index contributed by atoms with van der Waals surface area (Å²) < 4.78 is 38.3. The van der Waals surface area contributed by atoms with E-state index in [0.29, 0.717) is 29.7 Å². The van der Waals surface area contributed by atoms with Gasteiger partial charge >= 0.3 is 6.61 Å². The van der Waals surface area contributed by atoms with Crippen molar-refractivity contribution in [3.05, 3.63) is 47.8 Å². The van der Waals surface area contributed by atoms with Crippen LogP contribution >= 0.6 is 0 Å². The van der Waals surface area contributed by atoms with E-state index in [1.165, 1.54) is 13.2 Å². The minimum atomic E-state index is -3.11. The fraction of sp³-hybridized carbons (Fsp3) is 0.417. The summed E-state index contributed by atoms with van der Waals surface area (Å²) in [6.07, 6.45) is 6.20. The van der Waals surface area contributed by atoms with Crippen molar-refractivity contribution in [2.24, 2.45) is 0 Å². The predicted molar refractivity (Wildman–Crippen MR) is 119 cm³/mol. The lowest BCUT2D eigenvalue weighted by atomic mass is 9.89. The van der Waals surface area contributed by atoms with Crippen LogP contribution in [0, 0.1) is 0 Å². The third kappa shape index (κ3) is 4.50. The van der Waals surface area contributed by atoms with Gasteiger partial charge in [0.25, 0.3) is 5.91 Å². The number of fused-ring (bicyclic) bond motifs is 1. The highest BCUT2D eigenvalue weighted by Gasteiger charge is 2.29. The summed E-state index contributed by atoms with van der Waals surface area (Å²) >= 11 is 0. The standard InChI is InChI=1S/C24H27F2N3O4/c1-4-24(31,5-2)15-8-9-29-17(13-27-20(29)12-15)14-10-18(32-3)21(19(11-14)33-23(25)26)22(30)28-16-6-7-16/h8-13,16,23,31H,4-7H2,1-3H3,(H,28,30). The molecule has 0 atom stereocenters. The maximum atomic E-state index is 13.2. The van der Waals surface area contributed by atoms with Gasteiger partial charge in [0.05, 0.1) is 24.6 Å². The molecule has 2 aromatic heterocycles. The lowest BCUT2D eigenvalue weighted by Gasteiger charge is -2.25. The SMILES string of the molecule is CCC(O)(CC)c1ccn2c(-c3cc(OC)c(C(=O)NC4CC4)c(OC(F)F)c3)cnc2c1. The minimum Gasteiger partial charge on any atom is -0.496 e. The van der Waals surface area contributed by atoms with E-state index in [9.17, 15) is 18.7 Å². The van der Waals surface area contributed by atoms with Crippen LogP contribution in [0.25, 0.3) is 16.9 Å². The smallest absolute Gasteiger partial charge is 0.387 e. The lowest BCUT2D eigenvalue weighted by Crippen LogP contribution is -2.26. The van der Waals surface area contributed by atoms with Crippen molar-refractivity contribution < 1.29 is 28.2 Å². The molecular weight excluding hydrogens is 432 g/mol.